The van der Waals surface area contributed by atoms with Gasteiger partial charge in [-0.1, -0.05) is 23.9 Å². The van der Waals surface area contributed by atoms with E-state index in [2.05, 4.69) is 15.6 Å². The molecule has 0 fully saturated rings. The second-order valence-electron chi connectivity index (χ2n) is 6.08. The highest BCUT2D eigenvalue weighted by atomic mass is 32.2. The van der Waals surface area contributed by atoms with Crippen molar-refractivity contribution in [3.63, 3.8) is 0 Å². The Labute approximate surface area is 171 Å². The fourth-order valence-corrected chi connectivity index (χ4v) is 3.57. The normalized spacial score (nSPS) is 11.7. The smallest absolute Gasteiger partial charge is 0.321 e. The number of para-hydroxylation sites is 1. The van der Waals surface area contributed by atoms with Crippen LogP contribution in [0, 0.1) is 0 Å². The lowest BCUT2D eigenvalue weighted by molar-refractivity contribution is -0.119. The second-order valence-corrected chi connectivity index (χ2v) is 7.39. The van der Waals surface area contributed by atoms with E-state index < -0.39 is 17.2 Å². The molecule has 0 aliphatic heterocycles. The van der Waals surface area contributed by atoms with Gasteiger partial charge in [0.15, 0.2) is 5.16 Å². The molecule has 2 aromatic carbocycles. The molecule has 3 amide bonds. The number of ether oxygens (including phenoxy) is 1. The maximum atomic E-state index is 13.2. The number of fused-ring (bicyclic) bond motifs is 1. The minimum Gasteiger partial charge on any atom is -0.497 e. The third kappa shape index (κ3) is 4.40. The predicted molar refractivity (Wildman–Crippen MR) is 112 cm³/mol. The Morgan fingerprint density at radius 3 is 2.48 bits per heavy atom. The first-order valence-electron chi connectivity index (χ1n) is 8.80. The Balaban J connectivity index is 2.08. The van der Waals surface area contributed by atoms with Gasteiger partial charge < -0.3 is 10.1 Å². The zero-order valence-corrected chi connectivity index (χ0v) is 16.9. The Hall–Kier alpha value is -3.33. The van der Waals surface area contributed by atoms with E-state index in [1.807, 2.05) is 0 Å². The van der Waals surface area contributed by atoms with Gasteiger partial charge in [-0.2, -0.15) is 0 Å². The molecule has 0 aliphatic carbocycles. The molecule has 8 nitrogen and oxygen atoms in total. The molecule has 0 saturated carbocycles. The van der Waals surface area contributed by atoms with Crippen LogP contribution in [0.2, 0.25) is 0 Å². The molecule has 3 rings (SSSR count). The average Bonchev–Trinajstić information content (AvgIpc) is 2.74. The van der Waals surface area contributed by atoms with Crippen molar-refractivity contribution in [2.24, 2.45) is 0 Å². The number of carbonyl (C=O) groups is 2. The van der Waals surface area contributed by atoms with E-state index >= 15 is 0 Å². The number of urea groups is 1. The molecule has 0 aliphatic rings. The van der Waals surface area contributed by atoms with Crippen molar-refractivity contribution >= 4 is 34.6 Å². The van der Waals surface area contributed by atoms with E-state index in [0.717, 1.165) is 11.8 Å². The average molecular weight is 412 g/mol. The Kier molecular flexibility index (Phi) is 6.18. The van der Waals surface area contributed by atoms with Crippen LogP contribution in [0.3, 0.4) is 0 Å². The van der Waals surface area contributed by atoms with Crippen molar-refractivity contribution in [1.82, 2.24) is 20.2 Å². The fourth-order valence-electron chi connectivity index (χ4n) is 2.64. The monoisotopic (exact) mass is 412 g/mol. The largest absolute Gasteiger partial charge is 0.497 e. The number of carbonyl (C=O) groups excluding carboxylic acids is 2. The van der Waals surface area contributed by atoms with Crippen LogP contribution in [0.25, 0.3) is 16.6 Å². The number of thioether (sulfide) groups is 1. The van der Waals surface area contributed by atoms with Gasteiger partial charge in [-0.25, -0.2) is 9.78 Å². The summed E-state index contributed by atoms with van der Waals surface area (Å²) in [5.41, 5.74) is 0.876. The molecule has 1 aromatic heterocycles. The summed E-state index contributed by atoms with van der Waals surface area (Å²) in [4.78, 5) is 41.5. The van der Waals surface area contributed by atoms with Gasteiger partial charge in [0.25, 0.3) is 5.56 Å². The first-order valence-corrected chi connectivity index (χ1v) is 9.68. The summed E-state index contributed by atoms with van der Waals surface area (Å²) in [6.45, 7) is 1.64. The Morgan fingerprint density at radius 1 is 1.14 bits per heavy atom. The van der Waals surface area contributed by atoms with E-state index in [0.29, 0.717) is 27.5 Å². The molecule has 0 bridgehead atoms. The molecule has 0 radical (unpaired) electrons. The van der Waals surface area contributed by atoms with E-state index in [4.69, 9.17) is 4.74 Å². The third-order valence-corrected chi connectivity index (χ3v) is 5.24. The van der Waals surface area contributed by atoms with E-state index in [-0.39, 0.29) is 5.56 Å². The molecule has 0 spiro atoms. The van der Waals surface area contributed by atoms with Crippen LogP contribution in [-0.4, -0.2) is 40.9 Å². The van der Waals surface area contributed by atoms with Crippen molar-refractivity contribution in [2.75, 3.05) is 14.2 Å². The quantitative estimate of drug-likeness (QED) is 0.493. The fraction of sp³-hybridized carbons (Fsp3) is 0.200. The molecule has 2 N–H and O–H groups in total. The molecule has 1 heterocycles. The van der Waals surface area contributed by atoms with Gasteiger partial charge in [0, 0.05) is 7.05 Å². The van der Waals surface area contributed by atoms with Crippen LogP contribution < -0.4 is 20.9 Å². The molecule has 0 unspecified atom stereocenters. The van der Waals surface area contributed by atoms with Crippen LogP contribution in [-0.2, 0) is 4.79 Å². The number of methoxy groups -OCH3 is 1. The molecule has 9 heteroatoms. The number of imide groups is 1. The van der Waals surface area contributed by atoms with Crippen molar-refractivity contribution < 1.29 is 14.3 Å². The standard InChI is InChI=1S/C20H20N4O4S/c1-12(17(25)23-19(27)21-2)29-20-22-16-7-5-4-6-15(16)18(26)24(20)13-8-10-14(28-3)11-9-13/h4-12H,1-3H3,(H2,21,23,25,27)/t12-/m0/s1. The summed E-state index contributed by atoms with van der Waals surface area (Å²) in [5, 5.41) is 4.72. The van der Waals surface area contributed by atoms with Gasteiger partial charge in [0.2, 0.25) is 5.91 Å². The number of benzene rings is 2. The van der Waals surface area contributed by atoms with Crippen molar-refractivity contribution in [3.8, 4) is 11.4 Å². The third-order valence-electron chi connectivity index (χ3n) is 4.19. The lowest BCUT2D eigenvalue weighted by atomic mass is 10.2. The highest BCUT2D eigenvalue weighted by Gasteiger charge is 2.21. The summed E-state index contributed by atoms with van der Waals surface area (Å²) in [7, 11) is 2.99. The van der Waals surface area contributed by atoms with Gasteiger partial charge >= 0.3 is 6.03 Å². The zero-order valence-electron chi connectivity index (χ0n) is 16.1. The number of aromatic nitrogens is 2. The maximum absolute atomic E-state index is 13.2. The molecular formula is C20H20N4O4S. The molecule has 150 valence electrons. The number of rotatable bonds is 5. The summed E-state index contributed by atoms with van der Waals surface area (Å²) >= 11 is 1.09. The van der Waals surface area contributed by atoms with Crippen LogP contribution in [0.5, 0.6) is 5.75 Å². The van der Waals surface area contributed by atoms with Crippen LogP contribution in [0.1, 0.15) is 6.92 Å². The molecule has 29 heavy (non-hydrogen) atoms. The molecule has 0 saturated heterocycles. The highest BCUT2D eigenvalue weighted by Crippen LogP contribution is 2.26. The topological polar surface area (TPSA) is 102 Å². The highest BCUT2D eigenvalue weighted by molar-refractivity contribution is 8.00. The summed E-state index contributed by atoms with van der Waals surface area (Å²) in [6.07, 6.45) is 0. The van der Waals surface area contributed by atoms with Crippen LogP contribution in [0.4, 0.5) is 4.79 Å². The lowest BCUT2D eigenvalue weighted by Gasteiger charge is -2.16. The van der Waals surface area contributed by atoms with Crippen molar-refractivity contribution in [2.45, 2.75) is 17.3 Å². The van der Waals surface area contributed by atoms with Gasteiger partial charge in [-0.05, 0) is 43.3 Å². The molecular weight excluding hydrogens is 392 g/mol. The number of nitrogens with zero attached hydrogens (tertiary/aromatic N) is 2. The number of nitrogens with one attached hydrogen (secondary N) is 2. The number of hydrogen-bond acceptors (Lipinski definition) is 6. The molecule has 1 atom stereocenters. The van der Waals surface area contributed by atoms with Gasteiger partial charge in [-0.3, -0.25) is 19.5 Å². The van der Waals surface area contributed by atoms with Crippen molar-refractivity contribution in [3.05, 3.63) is 58.9 Å². The summed E-state index contributed by atoms with van der Waals surface area (Å²) in [5.74, 6) is 0.168. The lowest BCUT2D eigenvalue weighted by Crippen LogP contribution is -2.41. The minimum atomic E-state index is -0.662. The van der Waals surface area contributed by atoms with Crippen LogP contribution >= 0.6 is 11.8 Å². The maximum Gasteiger partial charge on any atom is 0.321 e. The summed E-state index contributed by atoms with van der Waals surface area (Å²) < 4.78 is 6.63. The zero-order chi connectivity index (χ0) is 21.0. The van der Waals surface area contributed by atoms with Gasteiger partial charge in [0.05, 0.1) is 29.0 Å². The first kappa shape index (κ1) is 20.4. The van der Waals surface area contributed by atoms with E-state index in [9.17, 15) is 14.4 Å². The summed E-state index contributed by atoms with van der Waals surface area (Å²) in [6, 6.07) is 13.4. The Bertz CT molecular complexity index is 1110. The van der Waals surface area contributed by atoms with Gasteiger partial charge in [-0.15, -0.1) is 0 Å². The predicted octanol–water partition coefficient (Wildman–Crippen LogP) is 2.33. The number of amides is 3. The molecule has 3 aromatic rings. The van der Waals surface area contributed by atoms with Crippen molar-refractivity contribution in [1.29, 1.82) is 0 Å². The Morgan fingerprint density at radius 2 is 1.83 bits per heavy atom. The minimum absolute atomic E-state index is 0.248. The second kappa shape index (κ2) is 8.78. The SMILES string of the molecule is CNC(=O)NC(=O)[C@H](C)Sc1nc2ccccc2c(=O)n1-c1ccc(OC)cc1. The first-order chi connectivity index (χ1) is 13.9. The number of hydrogen-bond donors (Lipinski definition) is 2. The van der Waals surface area contributed by atoms with E-state index in [1.54, 1.807) is 62.6 Å². The van der Waals surface area contributed by atoms with Gasteiger partial charge in [0.1, 0.15) is 5.75 Å². The van der Waals surface area contributed by atoms with E-state index in [1.165, 1.54) is 11.6 Å². The van der Waals surface area contributed by atoms with Crippen LogP contribution in [0.15, 0.2) is 58.5 Å².